The van der Waals surface area contributed by atoms with Crippen LogP contribution < -0.4 is 10.1 Å². The Labute approximate surface area is 186 Å². The lowest BCUT2D eigenvalue weighted by molar-refractivity contribution is -0.139. The molecule has 6 heteroatoms. The second-order valence-corrected chi connectivity index (χ2v) is 8.89. The Balaban J connectivity index is 1.75. The highest BCUT2D eigenvalue weighted by atomic mass is 32.1. The number of thiophene rings is 1. The topological polar surface area (TPSA) is 64.6 Å². The molecule has 0 spiro atoms. The van der Waals surface area contributed by atoms with E-state index in [1.807, 2.05) is 55.6 Å². The number of carbonyl (C=O) groups is 2. The Morgan fingerprint density at radius 3 is 2.71 bits per heavy atom. The van der Waals surface area contributed by atoms with Gasteiger partial charge in [0.15, 0.2) is 5.78 Å². The zero-order valence-corrected chi connectivity index (χ0v) is 18.9. The van der Waals surface area contributed by atoms with Crippen LogP contribution in [0.2, 0.25) is 0 Å². The quantitative estimate of drug-likeness (QED) is 0.639. The van der Waals surface area contributed by atoms with E-state index >= 15 is 0 Å². The molecule has 0 saturated heterocycles. The van der Waals surface area contributed by atoms with Crippen molar-refractivity contribution >= 4 is 23.1 Å². The number of rotatable bonds is 6. The summed E-state index contributed by atoms with van der Waals surface area (Å²) in [6, 6.07) is 11.8. The SMILES string of the molecule is CCCOC(=O)C1=C(C)NC2=C(C(=O)C[C@@H](c3ccccc3OC)C2)[C@@H]1c1cccs1. The van der Waals surface area contributed by atoms with Gasteiger partial charge in [0.1, 0.15) is 5.75 Å². The smallest absolute Gasteiger partial charge is 0.336 e. The number of benzene rings is 1. The molecule has 2 heterocycles. The minimum absolute atomic E-state index is 0.0280. The summed E-state index contributed by atoms with van der Waals surface area (Å²) < 4.78 is 11.0. The Bertz CT molecular complexity index is 1050. The van der Waals surface area contributed by atoms with Gasteiger partial charge in [-0.2, -0.15) is 0 Å². The van der Waals surface area contributed by atoms with Gasteiger partial charge in [-0.25, -0.2) is 4.79 Å². The first kappa shape index (κ1) is 21.4. The molecule has 0 fully saturated rings. The average Bonchev–Trinajstić information content (AvgIpc) is 3.31. The van der Waals surface area contributed by atoms with E-state index in [4.69, 9.17) is 9.47 Å². The fraction of sp³-hybridized carbons (Fsp3) is 0.360. The highest BCUT2D eigenvalue weighted by Crippen LogP contribution is 2.47. The summed E-state index contributed by atoms with van der Waals surface area (Å²) in [5.74, 6) is 0.158. The third kappa shape index (κ3) is 4.04. The van der Waals surface area contributed by atoms with Crippen LogP contribution >= 0.6 is 11.3 Å². The van der Waals surface area contributed by atoms with Crippen LogP contribution in [0.3, 0.4) is 0 Å². The number of ether oxygens (including phenoxy) is 2. The molecule has 1 aliphatic carbocycles. The molecule has 5 nitrogen and oxygen atoms in total. The minimum atomic E-state index is -0.383. The van der Waals surface area contributed by atoms with Crippen molar-refractivity contribution in [3.8, 4) is 5.75 Å². The van der Waals surface area contributed by atoms with E-state index in [-0.39, 0.29) is 23.6 Å². The maximum absolute atomic E-state index is 13.5. The molecule has 31 heavy (non-hydrogen) atoms. The number of ketones is 1. The number of hydrogen-bond donors (Lipinski definition) is 1. The standard InChI is InChI=1S/C25H27NO4S/c1-4-11-30-25(28)22-15(2)26-18-13-16(17-8-5-6-9-20(17)29-3)14-19(27)23(18)24(22)21-10-7-12-31-21/h5-10,12,16,24,26H,4,11,13-14H2,1-3H3/t16-,24+/m0/s1. The summed E-state index contributed by atoms with van der Waals surface area (Å²) in [4.78, 5) is 27.4. The van der Waals surface area contributed by atoms with Crippen molar-refractivity contribution in [1.82, 2.24) is 5.32 Å². The Kier molecular flexibility index (Phi) is 6.28. The van der Waals surface area contributed by atoms with E-state index in [1.54, 1.807) is 18.4 Å². The zero-order chi connectivity index (χ0) is 22.0. The van der Waals surface area contributed by atoms with Gasteiger partial charge in [0.25, 0.3) is 0 Å². The second-order valence-electron chi connectivity index (χ2n) is 7.91. The summed E-state index contributed by atoms with van der Waals surface area (Å²) >= 11 is 1.56. The molecular weight excluding hydrogens is 410 g/mol. The molecule has 0 unspecified atom stereocenters. The molecule has 2 atom stereocenters. The minimum Gasteiger partial charge on any atom is -0.496 e. The molecule has 0 amide bonds. The van der Waals surface area contributed by atoms with Crippen molar-refractivity contribution in [3.63, 3.8) is 0 Å². The van der Waals surface area contributed by atoms with Gasteiger partial charge in [-0.05, 0) is 42.8 Å². The van der Waals surface area contributed by atoms with E-state index in [0.717, 1.165) is 34.0 Å². The summed E-state index contributed by atoms with van der Waals surface area (Å²) in [7, 11) is 1.65. The molecule has 1 N–H and O–H groups in total. The van der Waals surface area contributed by atoms with E-state index in [1.165, 1.54) is 0 Å². The summed E-state index contributed by atoms with van der Waals surface area (Å²) in [5, 5.41) is 5.37. The monoisotopic (exact) mass is 437 g/mol. The van der Waals surface area contributed by atoms with Gasteiger partial charge >= 0.3 is 5.97 Å². The lowest BCUT2D eigenvalue weighted by Crippen LogP contribution is -2.36. The number of carbonyl (C=O) groups excluding carboxylic acids is 2. The van der Waals surface area contributed by atoms with Crippen molar-refractivity contribution in [3.05, 3.63) is 74.8 Å². The Hall–Kier alpha value is -2.86. The van der Waals surface area contributed by atoms with Crippen LogP contribution in [0, 0.1) is 0 Å². The number of hydrogen-bond acceptors (Lipinski definition) is 6. The molecule has 162 valence electrons. The van der Waals surface area contributed by atoms with Gasteiger partial charge in [-0.1, -0.05) is 31.2 Å². The normalized spacial score (nSPS) is 20.9. The predicted molar refractivity (Wildman–Crippen MR) is 121 cm³/mol. The van der Waals surface area contributed by atoms with Crippen molar-refractivity contribution in [1.29, 1.82) is 0 Å². The molecule has 1 aromatic carbocycles. The Morgan fingerprint density at radius 1 is 1.19 bits per heavy atom. The third-order valence-corrected chi connectivity index (χ3v) is 6.83. The number of dihydropyridines is 1. The Morgan fingerprint density at radius 2 is 2.00 bits per heavy atom. The maximum atomic E-state index is 13.5. The number of esters is 1. The van der Waals surface area contributed by atoms with Crippen LogP contribution in [0.15, 0.2) is 64.3 Å². The molecule has 0 saturated carbocycles. The first-order valence-corrected chi connectivity index (χ1v) is 11.5. The molecule has 2 aromatic rings. The number of nitrogens with one attached hydrogen (secondary N) is 1. The van der Waals surface area contributed by atoms with Gasteiger partial charge in [0, 0.05) is 34.2 Å². The maximum Gasteiger partial charge on any atom is 0.336 e. The molecular formula is C25H27NO4S. The third-order valence-electron chi connectivity index (χ3n) is 5.89. The van der Waals surface area contributed by atoms with Crippen LogP contribution in [0.25, 0.3) is 0 Å². The fourth-order valence-electron chi connectivity index (χ4n) is 4.55. The summed E-state index contributed by atoms with van der Waals surface area (Å²) in [6.07, 6.45) is 1.83. The van der Waals surface area contributed by atoms with Crippen molar-refractivity contribution in [2.45, 2.75) is 44.9 Å². The zero-order valence-electron chi connectivity index (χ0n) is 18.1. The molecule has 4 rings (SSSR count). The molecule has 0 bridgehead atoms. The van der Waals surface area contributed by atoms with Gasteiger partial charge in [-0.15, -0.1) is 11.3 Å². The van der Waals surface area contributed by atoms with Crippen molar-refractivity contribution in [2.24, 2.45) is 0 Å². The lowest BCUT2D eigenvalue weighted by atomic mass is 9.73. The van der Waals surface area contributed by atoms with Crippen LogP contribution in [-0.2, 0) is 14.3 Å². The number of methoxy groups -OCH3 is 1. The molecule has 2 aliphatic rings. The van der Waals surface area contributed by atoms with Crippen LogP contribution in [0.4, 0.5) is 0 Å². The van der Waals surface area contributed by atoms with Crippen LogP contribution in [0.1, 0.15) is 55.4 Å². The van der Waals surface area contributed by atoms with Gasteiger partial charge in [0.05, 0.1) is 25.2 Å². The largest absolute Gasteiger partial charge is 0.496 e. The van der Waals surface area contributed by atoms with Crippen LogP contribution in [0.5, 0.6) is 5.75 Å². The van der Waals surface area contributed by atoms with E-state index in [0.29, 0.717) is 30.6 Å². The lowest BCUT2D eigenvalue weighted by Gasteiger charge is -2.36. The van der Waals surface area contributed by atoms with E-state index < -0.39 is 0 Å². The van der Waals surface area contributed by atoms with Gasteiger partial charge in [-0.3, -0.25) is 4.79 Å². The van der Waals surface area contributed by atoms with E-state index in [9.17, 15) is 9.59 Å². The molecule has 1 aromatic heterocycles. The molecule has 0 radical (unpaired) electrons. The van der Waals surface area contributed by atoms with E-state index in [2.05, 4.69) is 5.32 Å². The molecule has 1 aliphatic heterocycles. The van der Waals surface area contributed by atoms with Crippen LogP contribution in [-0.4, -0.2) is 25.5 Å². The summed E-state index contributed by atoms with van der Waals surface area (Å²) in [5.41, 5.74) is 3.93. The number of Topliss-reactive ketones (excluding diaryl/α,β-unsaturated/α-hetero) is 1. The predicted octanol–water partition coefficient (Wildman–Crippen LogP) is 5.07. The van der Waals surface area contributed by atoms with Crippen molar-refractivity contribution < 1.29 is 19.1 Å². The summed E-state index contributed by atoms with van der Waals surface area (Å²) in [6.45, 7) is 4.22. The highest BCUT2D eigenvalue weighted by Gasteiger charge is 2.42. The van der Waals surface area contributed by atoms with Crippen molar-refractivity contribution in [2.75, 3.05) is 13.7 Å². The first-order valence-electron chi connectivity index (χ1n) is 10.6. The number of allylic oxidation sites excluding steroid dienone is 3. The second kappa shape index (κ2) is 9.10. The van der Waals surface area contributed by atoms with Gasteiger partial charge < -0.3 is 14.8 Å². The highest BCUT2D eigenvalue weighted by molar-refractivity contribution is 7.10. The fourth-order valence-corrected chi connectivity index (χ4v) is 5.39. The average molecular weight is 438 g/mol. The number of para-hydroxylation sites is 1. The first-order chi connectivity index (χ1) is 15.0. The van der Waals surface area contributed by atoms with Gasteiger partial charge in [0.2, 0.25) is 0 Å².